The predicted molar refractivity (Wildman–Crippen MR) is 125 cm³/mol. The molecule has 0 saturated carbocycles. The van der Waals surface area contributed by atoms with Crippen LogP contribution in [0.25, 0.3) is 0 Å². The van der Waals surface area contributed by atoms with Gasteiger partial charge in [-0.25, -0.2) is 0 Å². The normalized spacial score (nSPS) is 10.8. The van der Waals surface area contributed by atoms with Crippen molar-refractivity contribution in [1.82, 2.24) is 5.32 Å². The molecule has 0 aliphatic rings. The van der Waals surface area contributed by atoms with Gasteiger partial charge in [0.05, 0.1) is 12.1 Å². The predicted octanol–water partition coefficient (Wildman–Crippen LogP) is 6.88. The highest BCUT2D eigenvalue weighted by Gasteiger charge is 2.12. The lowest BCUT2D eigenvalue weighted by atomic mass is 10.1. The Hall–Kier alpha value is -1.91. The molecule has 30 heavy (non-hydrogen) atoms. The maximum atomic E-state index is 6.49. The van der Waals surface area contributed by atoms with Crippen molar-refractivity contribution in [3.63, 3.8) is 0 Å². The summed E-state index contributed by atoms with van der Waals surface area (Å²) < 4.78 is 11.5. The topological polar surface area (TPSA) is 30.5 Å². The van der Waals surface area contributed by atoms with Crippen molar-refractivity contribution in [3.05, 3.63) is 91.9 Å². The van der Waals surface area contributed by atoms with E-state index < -0.39 is 0 Å². The minimum atomic E-state index is 0.426. The van der Waals surface area contributed by atoms with Gasteiger partial charge < -0.3 is 14.8 Å². The van der Waals surface area contributed by atoms with Crippen LogP contribution in [0.1, 0.15) is 22.3 Å². The maximum Gasteiger partial charge on any atom is 0.180 e. The molecule has 3 rings (SSSR count). The van der Waals surface area contributed by atoms with Crippen LogP contribution in [0.4, 0.5) is 0 Å². The van der Waals surface area contributed by atoms with Gasteiger partial charge in [0.25, 0.3) is 0 Å². The number of aryl methyl sites for hydroxylation is 1. The highest BCUT2D eigenvalue weighted by molar-refractivity contribution is 6.35. The number of hydrogen-bond acceptors (Lipinski definition) is 3. The molecule has 0 spiro atoms. The fourth-order valence-electron chi connectivity index (χ4n) is 3.04. The zero-order valence-electron chi connectivity index (χ0n) is 17.0. The average Bonchev–Trinajstić information content (AvgIpc) is 2.72. The molecule has 0 unspecified atom stereocenters. The lowest BCUT2D eigenvalue weighted by Crippen LogP contribution is -2.17. The molecule has 0 saturated heterocycles. The molecule has 0 heterocycles. The molecule has 3 nitrogen and oxygen atoms in total. The average molecular weight is 465 g/mol. The summed E-state index contributed by atoms with van der Waals surface area (Å²) in [6, 6.07) is 17.6. The van der Waals surface area contributed by atoms with Gasteiger partial charge in [-0.05, 0) is 60.8 Å². The van der Waals surface area contributed by atoms with Gasteiger partial charge in [0, 0.05) is 16.6 Å². The van der Waals surface area contributed by atoms with E-state index in [2.05, 4.69) is 24.4 Å². The standard InChI is InChI=1S/C24H24Cl3NO2/c1-16-3-5-17(6-4-16)15-30-24-22(27)11-18(12-23(24)29-2)14-28-10-9-19-7-8-20(25)13-21(19)26/h3-8,11-13,28H,9-10,14-15H2,1-2H3. The Morgan fingerprint density at radius 2 is 1.63 bits per heavy atom. The SMILES string of the molecule is COc1cc(CNCCc2ccc(Cl)cc2Cl)cc(Cl)c1OCc1ccc(C)cc1. The van der Waals surface area contributed by atoms with Crippen LogP contribution in [-0.4, -0.2) is 13.7 Å². The molecule has 0 aliphatic carbocycles. The lowest BCUT2D eigenvalue weighted by molar-refractivity contribution is 0.284. The summed E-state index contributed by atoms with van der Waals surface area (Å²) in [5, 5.41) is 5.26. The molecule has 0 amide bonds. The van der Waals surface area contributed by atoms with Crippen LogP contribution < -0.4 is 14.8 Å². The van der Waals surface area contributed by atoms with Crippen LogP contribution >= 0.6 is 34.8 Å². The second-order valence-corrected chi connectivity index (χ2v) is 8.30. The van der Waals surface area contributed by atoms with E-state index in [-0.39, 0.29) is 0 Å². The molecular weight excluding hydrogens is 441 g/mol. The molecule has 158 valence electrons. The summed E-state index contributed by atoms with van der Waals surface area (Å²) in [4.78, 5) is 0. The summed E-state index contributed by atoms with van der Waals surface area (Å²) in [6.07, 6.45) is 0.804. The third kappa shape index (κ3) is 6.29. The van der Waals surface area contributed by atoms with E-state index in [1.807, 2.05) is 36.4 Å². The van der Waals surface area contributed by atoms with Crippen molar-refractivity contribution >= 4 is 34.8 Å². The first kappa shape index (κ1) is 22.8. The lowest BCUT2D eigenvalue weighted by Gasteiger charge is -2.15. The Morgan fingerprint density at radius 1 is 0.867 bits per heavy atom. The monoisotopic (exact) mass is 463 g/mol. The number of ether oxygens (including phenoxy) is 2. The van der Waals surface area contributed by atoms with Crippen molar-refractivity contribution in [1.29, 1.82) is 0 Å². The number of nitrogens with one attached hydrogen (secondary N) is 1. The van der Waals surface area contributed by atoms with E-state index in [0.717, 1.165) is 29.7 Å². The molecule has 0 bridgehead atoms. The minimum Gasteiger partial charge on any atom is -0.493 e. The third-order valence-corrected chi connectivity index (χ3v) is 5.58. The molecule has 0 radical (unpaired) electrons. The van der Waals surface area contributed by atoms with Gasteiger partial charge in [0.2, 0.25) is 0 Å². The van der Waals surface area contributed by atoms with Crippen molar-refractivity contribution < 1.29 is 9.47 Å². The van der Waals surface area contributed by atoms with Crippen molar-refractivity contribution in [3.8, 4) is 11.5 Å². The highest BCUT2D eigenvalue weighted by atomic mass is 35.5. The molecular formula is C24H24Cl3NO2. The summed E-state index contributed by atoms with van der Waals surface area (Å²) in [5.41, 5.74) is 4.36. The number of methoxy groups -OCH3 is 1. The first-order chi connectivity index (χ1) is 14.5. The fourth-order valence-corrected chi connectivity index (χ4v) is 3.83. The largest absolute Gasteiger partial charge is 0.493 e. The van der Waals surface area contributed by atoms with Crippen LogP contribution in [0.3, 0.4) is 0 Å². The number of rotatable bonds is 9. The van der Waals surface area contributed by atoms with Gasteiger partial charge >= 0.3 is 0 Å². The first-order valence-corrected chi connectivity index (χ1v) is 10.8. The van der Waals surface area contributed by atoms with Crippen LogP contribution in [0.2, 0.25) is 15.1 Å². The van der Waals surface area contributed by atoms with Crippen LogP contribution in [0.5, 0.6) is 11.5 Å². The zero-order valence-corrected chi connectivity index (χ0v) is 19.2. The second-order valence-electron chi connectivity index (χ2n) is 7.05. The minimum absolute atomic E-state index is 0.426. The third-order valence-electron chi connectivity index (χ3n) is 4.71. The molecule has 6 heteroatoms. The fraction of sp³-hybridized carbons (Fsp3) is 0.250. The van der Waals surface area contributed by atoms with Gasteiger partial charge in [0.15, 0.2) is 11.5 Å². The summed E-state index contributed by atoms with van der Waals surface area (Å²) >= 11 is 18.7. The molecule has 0 fully saturated rings. The Bertz CT molecular complexity index is 990. The molecule has 1 N–H and O–H groups in total. The number of halogens is 3. The van der Waals surface area contributed by atoms with E-state index >= 15 is 0 Å². The van der Waals surface area contributed by atoms with E-state index in [1.165, 1.54) is 5.56 Å². The molecule has 0 atom stereocenters. The Labute approximate surface area is 192 Å². The number of hydrogen-bond donors (Lipinski definition) is 1. The Morgan fingerprint density at radius 3 is 2.33 bits per heavy atom. The summed E-state index contributed by atoms with van der Waals surface area (Å²) in [7, 11) is 1.62. The second kappa shape index (κ2) is 10.9. The van der Waals surface area contributed by atoms with Crippen molar-refractivity contribution in [2.75, 3.05) is 13.7 Å². The van der Waals surface area contributed by atoms with Crippen LogP contribution in [-0.2, 0) is 19.6 Å². The zero-order chi connectivity index (χ0) is 21.5. The van der Waals surface area contributed by atoms with Gasteiger partial charge in [-0.15, -0.1) is 0 Å². The first-order valence-electron chi connectivity index (χ1n) is 9.65. The smallest absolute Gasteiger partial charge is 0.180 e. The number of benzene rings is 3. The van der Waals surface area contributed by atoms with Gasteiger partial charge in [-0.2, -0.15) is 0 Å². The Balaban J connectivity index is 1.58. The van der Waals surface area contributed by atoms with Crippen LogP contribution in [0.15, 0.2) is 54.6 Å². The molecule has 0 aliphatic heterocycles. The Kier molecular flexibility index (Phi) is 8.29. The van der Waals surface area contributed by atoms with E-state index in [4.69, 9.17) is 44.3 Å². The highest BCUT2D eigenvalue weighted by Crippen LogP contribution is 2.37. The van der Waals surface area contributed by atoms with Crippen molar-refractivity contribution in [2.24, 2.45) is 0 Å². The van der Waals surface area contributed by atoms with Crippen molar-refractivity contribution in [2.45, 2.75) is 26.5 Å². The van der Waals surface area contributed by atoms with E-state index in [0.29, 0.717) is 39.7 Å². The molecule has 3 aromatic rings. The van der Waals surface area contributed by atoms with E-state index in [9.17, 15) is 0 Å². The van der Waals surface area contributed by atoms with Gasteiger partial charge in [-0.3, -0.25) is 0 Å². The van der Waals surface area contributed by atoms with Gasteiger partial charge in [0.1, 0.15) is 6.61 Å². The maximum absolute atomic E-state index is 6.49. The summed E-state index contributed by atoms with van der Waals surface area (Å²) in [5.74, 6) is 1.17. The molecule has 0 aromatic heterocycles. The van der Waals surface area contributed by atoms with Crippen LogP contribution in [0, 0.1) is 6.92 Å². The van der Waals surface area contributed by atoms with E-state index in [1.54, 1.807) is 13.2 Å². The quantitative estimate of drug-likeness (QED) is 0.350. The van der Waals surface area contributed by atoms with Gasteiger partial charge in [-0.1, -0.05) is 70.7 Å². The summed E-state index contributed by atoms with van der Waals surface area (Å²) in [6.45, 7) is 3.91. The molecule has 3 aromatic carbocycles.